The fourth-order valence-electron chi connectivity index (χ4n) is 1.67. The highest BCUT2D eigenvalue weighted by atomic mass is 16.4. The molecule has 20 heavy (non-hydrogen) atoms. The van der Waals surface area contributed by atoms with Crippen LogP contribution in [0, 0.1) is 22.7 Å². The molecule has 0 saturated carbocycles. The van der Waals surface area contributed by atoms with Gasteiger partial charge < -0.3 is 5.11 Å². The molecular formula is C13H7N5O2. The van der Waals surface area contributed by atoms with Crippen molar-refractivity contribution in [2.45, 2.75) is 0 Å². The second-order valence-electron chi connectivity index (χ2n) is 3.68. The molecule has 0 atom stereocenters. The Balaban J connectivity index is 2.55. The molecule has 2 N–H and O–H groups in total. The summed E-state index contributed by atoms with van der Waals surface area (Å²) in [6, 6.07) is 7.73. The number of carbonyl (C=O) groups is 1. The van der Waals surface area contributed by atoms with Gasteiger partial charge in [0.2, 0.25) is 5.71 Å². The standard InChI is InChI=1S/C13H7N5O2/c14-5-8(6-15)17-18-12-2-1-10(13(19)20)9-3-4-16-7-11(9)12/h1-4,7,18H,(H,19,20). The first kappa shape index (κ1) is 13.0. The lowest BCUT2D eigenvalue weighted by Crippen LogP contribution is -2.01. The predicted molar refractivity (Wildman–Crippen MR) is 71.0 cm³/mol. The maximum Gasteiger partial charge on any atom is 0.336 e. The summed E-state index contributed by atoms with van der Waals surface area (Å²) in [6.45, 7) is 0. The van der Waals surface area contributed by atoms with E-state index in [1.807, 2.05) is 0 Å². The first-order valence-electron chi connectivity index (χ1n) is 5.41. The third-order valence-corrected chi connectivity index (χ3v) is 2.55. The smallest absolute Gasteiger partial charge is 0.336 e. The summed E-state index contributed by atoms with van der Waals surface area (Å²) in [4.78, 5) is 15.1. The molecule has 0 aliphatic carbocycles. The van der Waals surface area contributed by atoms with Crippen LogP contribution < -0.4 is 5.43 Å². The third kappa shape index (κ3) is 2.37. The molecule has 0 amide bonds. The Hall–Kier alpha value is -3.45. The van der Waals surface area contributed by atoms with Gasteiger partial charge in [0.25, 0.3) is 0 Å². The Morgan fingerprint density at radius 3 is 2.65 bits per heavy atom. The molecule has 1 aromatic carbocycles. The zero-order valence-electron chi connectivity index (χ0n) is 10.0. The highest BCUT2D eigenvalue weighted by Gasteiger charge is 2.11. The highest BCUT2D eigenvalue weighted by molar-refractivity contribution is 6.11. The first-order valence-corrected chi connectivity index (χ1v) is 5.41. The number of rotatable bonds is 3. The van der Waals surface area contributed by atoms with E-state index < -0.39 is 5.97 Å². The minimum Gasteiger partial charge on any atom is -0.478 e. The average Bonchev–Trinajstić information content (AvgIpc) is 2.47. The number of carboxylic acid groups (broad SMARTS) is 1. The summed E-state index contributed by atoms with van der Waals surface area (Å²) in [5.41, 5.74) is 2.83. The fourth-order valence-corrected chi connectivity index (χ4v) is 1.67. The lowest BCUT2D eigenvalue weighted by atomic mass is 10.1. The first-order chi connectivity index (χ1) is 9.67. The highest BCUT2D eigenvalue weighted by Crippen LogP contribution is 2.26. The number of hydrogen-bond acceptors (Lipinski definition) is 6. The number of carboxylic acids is 1. The van der Waals surface area contributed by atoms with Crippen molar-refractivity contribution < 1.29 is 9.90 Å². The molecule has 0 aliphatic rings. The van der Waals surface area contributed by atoms with Crippen LogP contribution in [0.4, 0.5) is 5.69 Å². The molecule has 0 fully saturated rings. The van der Waals surface area contributed by atoms with Crippen LogP contribution in [0.3, 0.4) is 0 Å². The molecule has 0 bridgehead atoms. The summed E-state index contributed by atoms with van der Waals surface area (Å²) in [5.74, 6) is -1.05. The van der Waals surface area contributed by atoms with Crippen molar-refractivity contribution >= 4 is 28.1 Å². The molecule has 0 aliphatic heterocycles. The molecule has 2 aromatic rings. The van der Waals surface area contributed by atoms with Gasteiger partial charge in [0, 0.05) is 23.2 Å². The van der Waals surface area contributed by atoms with Crippen molar-refractivity contribution in [3.63, 3.8) is 0 Å². The number of fused-ring (bicyclic) bond motifs is 1. The zero-order chi connectivity index (χ0) is 14.5. The van der Waals surface area contributed by atoms with Crippen molar-refractivity contribution in [2.75, 3.05) is 5.43 Å². The number of hydrogen-bond donors (Lipinski definition) is 2. The monoisotopic (exact) mass is 265 g/mol. The molecule has 96 valence electrons. The summed E-state index contributed by atoms with van der Waals surface area (Å²) >= 11 is 0. The molecule has 7 heteroatoms. The van der Waals surface area contributed by atoms with E-state index in [1.165, 1.54) is 24.5 Å². The van der Waals surface area contributed by atoms with Gasteiger partial charge in [-0.3, -0.25) is 10.4 Å². The quantitative estimate of drug-likeness (QED) is 0.643. The number of aromatic carboxylic acids is 1. The third-order valence-electron chi connectivity index (χ3n) is 2.55. The van der Waals surface area contributed by atoms with Gasteiger partial charge in [0.05, 0.1) is 11.3 Å². The largest absolute Gasteiger partial charge is 0.478 e. The van der Waals surface area contributed by atoms with E-state index in [0.29, 0.717) is 16.5 Å². The van der Waals surface area contributed by atoms with E-state index in [-0.39, 0.29) is 11.3 Å². The van der Waals surface area contributed by atoms with E-state index in [1.54, 1.807) is 18.2 Å². The van der Waals surface area contributed by atoms with Crippen molar-refractivity contribution in [1.29, 1.82) is 10.5 Å². The van der Waals surface area contributed by atoms with Crippen LogP contribution in [-0.2, 0) is 0 Å². The van der Waals surface area contributed by atoms with Gasteiger partial charge in [-0.05, 0) is 18.2 Å². The maximum atomic E-state index is 11.1. The van der Waals surface area contributed by atoms with Crippen LogP contribution in [0.1, 0.15) is 10.4 Å². The number of benzene rings is 1. The zero-order valence-corrected chi connectivity index (χ0v) is 10.0. The van der Waals surface area contributed by atoms with Gasteiger partial charge in [-0.2, -0.15) is 15.6 Å². The van der Waals surface area contributed by atoms with Crippen LogP contribution in [0.5, 0.6) is 0 Å². The van der Waals surface area contributed by atoms with Crippen LogP contribution in [-0.4, -0.2) is 21.8 Å². The molecule has 0 radical (unpaired) electrons. The van der Waals surface area contributed by atoms with Gasteiger partial charge in [-0.25, -0.2) is 4.79 Å². The van der Waals surface area contributed by atoms with E-state index in [4.69, 9.17) is 15.6 Å². The molecule has 2 rings (SSSR count). The molecule has 0 saturated heterocycles. The van der Waals surface area contributed by atoms with E-state index >= 15 is 0 Å². The number of nitrogens with one attached hydrogen (secondary N) is 1. The van der Waals surface area contributed by atoms with Gasteiger partial charge in [-0.1, -0.05) is 0 Å². The number of anilines is 1. The Kier molecular flexibility index (Phi) is 3.55. The topological polar surface area (TPSA) is 122 Å². The minimum atomic E-state index is -1.05. The summed E-state index contributed by atoms with van der Waals surface area (Å²) in [5, 5.41) is 31.0. The Labute approximate surface area is 113 Å². The van der Waals surface area contributed by atoms with Crippen molar-refractivity contribution in [3.8, 4) is 12.1 Å². The SMILES string of the molecule is N#CC(C#N)=NNc1ccc(C(=O)O)c2ccncc12. The Morgan fingerprint density at radius 2 is 2.00 bits per heavy atom. The van der Waals surface area contributed by atoms with Gasteiger partial charge in [0.1, 0.15) is 12.1 Å². The Morgan fingerprint density at radius 1 is 1.25 bits per heavy atom. The number of pyridine rings is 1. The van der Waals surface area contributed by atoms with Crippen LogP contribution in [0.2, 0.25) is 0 Å². The van der Waals surface area contributed by atoms with Crippen molar-refractivity contribution in [3.05, 3.63) is 36.2 Å². The van der Waals surface area contributed by atoms with Gasteiger partial charge in [0.15, 0.2) is 0 Å². The second-order valence-corrected chi connectivity index (χ2v) is 3.68. The molecule has 0 spiro atoms. The minimum absolute atomic E-state index is 0.137. The number of nitriles is 2. The van der Waals surface area contributed by atoms with Gasteiger partial charge >= 0.3 is 5.97 Å². The molecule has 1 heterocycles. The Bertz CT molecular complexity index is 782. The molecule has 0 unspecified atom stereocenters. The second kappa shape index (κ2) is 5.46. The van der Waals surface area contributed by atoms with Crippen LogP contribution >= 0.6 is 0 Å². The van der Waals surface area contributed by atoms with Crippen molar-refractivity contribution in [2.24, 2.45) is 5.10 Å². The average molecular weight is 265 g/mol. The van der Waals surface area contributed by atoms with E-state index in [9.17, 15) is 4.79 Å². The lowest BCUT2D eigenvalue weighted by Gasteiger charge is -2.07. The van der Waals surface area contributed by atoms with E-state index in [0.717, 1.165) is 0 Å². The summed E-state index contributed by atoms with van der Waals surface area (Å²) in [6.07, 6.45) is 2.97. The van der Waals surface area contributed by atoms with Crippen molar-refractivity contribution in [1.82, 2.24) is 4.98 Å². The molecular weight excluding hydrogens is 258 g/mol. The van der Waals surface area contributed by atoms with Gasteiger partial charge in [-0.15, -0.1) is 0 Å². The van der Waals surface area contributed by atoms with E-state index in [2.05, 4.69) is 15.5 Å². The normalized spacial score (nSPS) is 9.30. The molecule has 1 aromatic heterocycles. The molecule has 7 nitrogen and oxygen atoms in total. The van der Waals surface area contributed by atoms with Crippen LogP contribution in [0.25, 0.3) is 10.8 Å². The number of aromatic nitrogens is 1. The number of nitrogens with zero attached hydrogens (tertiary/aromatic N) is 4. The predicted octanol–water partition coefficient (Wildman–Crippen LogP) is 1.75. The number of hydrazone groups is 1. The summed E-state index contributed by atoms with van der Waals surface area (Å²) < 4.78 is 0. The fraction of sp³-hybridized carbons (Fsp3) is 0. The maximum absolute atomic E-state index is 11.1. The van der Waals surface area contributed by atoms with Crippen LogP contribution in [0.15, 0.2) is 35.7 Å². The summed E-state index contributed by atoms with van der Waals surface area (Å²) in [7, 11) is 0. The lowest BCUT2D eigenvalue weighted by molar-refractivity contribution is 0.0699.